The predicted octanol–water partition coefficient (Wildman–Crippen LogP) is 2.41. The molecule has 56 valence electrons. The minimum absolute atomic E-state index is 0.418. The van der Waals surface area contributed by atoms with Crippen molar-refractivity contribution in [3.05, 3.63) is 17.5 Å². The quantitative estimate of drug-likeness (QED) is 0.659. The molecule has 0 aromatic carbocycles. The Morgan fingerprint density at radius 1 is 1.70 bits per heavy atom. The number of aromatic nitrogens is 1. The highest BCUT2D eigenvalue weighted by molar-refractivity contribution is 7.98. The first kappa shape index (κ1) is 7.66. The van der Waals surface area contributed by atoms with Crippen LogP contribution in [0.2, 0.25) is 0 Å². The van der Waals surface area contributed by atoms with Crippen molar-refractivity contribution in [1.29, 1.82) is 0 Å². The van der Waals surface area contributed by atoms with Crippen LogP contribution >= 0.6 is 11.8 Å². The lowest BCUT2D eigenvalue weighted by Crippen LogP contribution is -1.81. The maximum Gasteiger partial charge on any atom is 0.149 e. The van der Waals surface area contributed by atoms with Crippen molar-refractivity contribution in [3.8, 4) is 0 Å². The van der Waals surface area contributed by atoms with Gasteiger partial charge in [-0.1, -0.05) is 5.16 Å². The summed E-state index contributed by atoms with van der Waals surface area (Å²) in [4.78, 5) is 0. The molecule has 1 heterocycles. The van der Waals surface area contributed by atoms with E-state index in [0.29, 0.717) is 5.25 Å². The molecule has 3 heteroatoms. The second kappa shape index (κ2) is 3.10. The molecule has 0 saturated carbocycles. The molecular weight excluding hydrogens is 146 g/mol. The highest BCUT2D eigenvalue weighted by Gasteiger charge is 2.07. The van der Waals surface area contributed by atoms with E-state index in [1.54, 1.807) is 11.8 Å². The Hall–Kier alpha value is -0.440. The molecular formula is C7H11NOS. The van der Waals surface area contributed by atoms with Crippen molar-refractivity contribution < 1.29 is 4.52 Å². The van der Waals surface area contributed by atoms with Crippen LogP contribution in [0.4, 0.5) is 0 Å². The van der Waals surface area contributed by atoms with Crippen LogP contribution in [0.1, 0.15) is 23.6 Å². The van der Waals surface area contributed by atoms with Gasteiger partial charge in [0.05, 0.1) is 10.9 Å². The largest absolute Gasteiger partial charge is 0.360 e. The summed E-state index contributed by atoms with van der Waals surface area (Å²) in [6, 6.07) is 1.97. The van der Waals surface area contributed by atoms with E-state index in [-0.39, 0.29) is 0 Å². The Morgan fingerprint density at radius 3 is 2.80 bits per heavy atom. The first-order chi connectivity index (χ1) is 4.74. The molecule has 1 aromatic heterocycles. The standard InChI is InChI=1S/C7H11NOS/c1-5-4-7(9-8-5)6(2)10-3/h4,6H,1-3H3. The van der Waals surface area contributed by atoms with Gasteiger partial charge in [-0.25, -0.2) is 0 Å². The molecule has 0 fully saturated rings. The topological polar surface area (TPSA) is 26.0 Å². The fourth-order valence-corrected chi connectivity index (χ4v) is 1.03. The van der Waals surface area contributed by atoms with Crippen molar-refractivity contribution in [3.63, 3.8) is 0 Å². The summed E-state index contributed by atoms with van der Waals surface area (Å²) in [5, 5.41) is 4.22. The Kier molecular flexibility index (Phi) is 2.38. The van der Waals surface area contributed by atoms with Crippen LogP contribution in [-0.2, 0) is 0 Å². The van der Waals surface area contributed by atoms with Crippen LogP contribution in [-0.4, -0.2) is 11.4 Å². The SMILES string of the molecule is CSC(C)c1cc(C)no1. The minimum atomic E-state index is 0.418. The third-order valence-corrected chi connectivity index (χ3v) is 2.34. The van der Waals surface area contributed by atoms with Crippen molar-refractivity contribution in [2.24, 2.45) is 0 Å². The summed E-state index contributed by atoms with van der Waals surface area (Å²) < 4.78 is 5.05. The van der Waals surface area contributed by atoms with E-state index in [4.69, 9.17) is 4.52 Å². The molecule has 0 aliphatic rings. The number of aryl methyl sites for hydroxylation is 1. The van der Waals surface area contributed by atoms with Crippen molar-refractivity contribution in [2.75, 3.05) is 6.26 Å². The molecule has 0 spiro atoms. The maximum absolute atomic E-state index is 5.05. The average molecular weight is 157 g/mol. The predicted molar refractivity (Wildman–Crippen MR) is 43.2 cm³/mol. The summed E-state index contributed by atoms with van der Waals surface area (Å²) in [7, 11) is 0. The zero-order valence-corrected chi connectivity index (χ0v) is 7.23. The van der Waals surface area contributed by atoms with Crippen LogP contribution in [0.3, 0.4) is 0 Å². The lowest BCUT2D eigenvalue weighted by Gasteiger charge is -1.99. The van der Waals surface area contributed by atoms with Gasteiger partial charge in [0.1, 0.15) is 5.76 Å². The lowest BCUT2D eigenvalue weighted by molar-refractivity contribution is 0.381. The molecule has 0 bridgehead atoms. The van der Waals surface area contributed by atoms with E-state index in [2.05, 4.69) is 18.3 Å². The van der Waals surface area contributed by atoms with Gasteiger partial charge in [0.25, 0.3) is 0 Å². The van der Waals surface area contributed by atoms with Crippen LogP contribution in [0.25, 0.3) is 0 Å². The van der Waals surface area contributed by atoms with Crippen LogP contribution < -0.4 is 0 Å². The maximum atomic E-state index is 5.05. The molecule has 0 amide bonds. The molecule has 0 saturated heterocycles. The Morgan fingerprint density at radius 2 is 2.40 bits per heavy atom. The van der Waals surface area contributed by atoms with Gasteiger partial charge < -0.3 is 4.52 Å². The van der Waals surface area contributed by atoms with Gasteiger partial charge in [-0.15, -0.1) is 0 Å². The smallest absolute Gasteiger partial charge is 0.149 e. The zero-order chi connectivity index (χ0) is 7.56. The molecule has 1 unspecified atom stereocenters. The first-order valence-corrected chi connectivity index (χ1v) is 4.49. The molecule has 1 rings (SSSR count). The van der Waals surface area contributed by atoms with Crippen LogP contribution in [0.15, 0.2) is 10.6 Å². The van der Waals surface area contributed by atoms with Crippen LogP contribution in [0, 0.1) is 6.92 Å². The molecule has 10 heavy (non-hydrogen) atoms. The lowest BCUT2D eigenvalue weighted by atomic mass is 10.3. The number of rotatable bonds is 2. The van der Waals surface area contributed by atoms with Crippen molar-refractivity contribution in [1.82, 2.24) is 5.16 Å². The Bertz CT molecular complexity index is 209. The summed E-state index contributed by atoms with van der Waals surface area (Å²) in [5.74, 6) is 0.963. The zero-order valence-electron chi connectivity index (χ0n) is 6.42. The van der Waals surface area contributed by atoms with Crippen LogP contribution in [0.5, 0.6) is 0 Å². The summed E-state index contributed by atoms with van der Waals surface area (Å²) in [5.41, 5.74) is 0.955. The fourth-order valence-electron chi connectivity index (χ4n) is 0.691. The second-order valence-corrected chi connectivity index (χ2v) is 3.43. The van der Waals surface area contributed by atoms with E-state index in [0.717, 1.165) is 11.5 Å². The minimum Gasteiger partial charge on any atom is -0.360 e. The molecule has 0 radical (unpaired) electrons. The number of thioether (sulfide) groups is 1. The normalized spacial score (nSPS) is 13.5. The average Bonchev–Trinajstić information content (AvgIpc) is 2.34. The van der Waals surface area contributed by atoms with E-state index in [1.165, 1.54) is 0 Å². The molecule has 2 nitrogen and oxygen atoms in total. The van der Waals surface area contributed by atoms with Gasteiger partial charge in [-0.2, -0.15) is 11.8 Å². The second-order valence-electron chi connectivity index (χ2n) is 2.25. The Balaban J connectivity index is 2.74. The summed E-state index contributed by atoms with van der Waals surface area (Å²) in [6.45, 7) is 4.03. The van der Waals surface area contributed by atoms with E-state index >= 15 is 0 Å². The Labute approximate surface area is 65.0 Å². The molecule has 0 aliphatic carbocycles. The van der Waals surface area contributed by atoms with Crippen molar-refractivity contribution in [2.45, 2.75) is 19.1 Å². The van der Waals surface area contributed by atoms with Gasteiger partial charge in [-0.05, 0) is 20.1 Å². The monoisotopic (exact) mass is 157 g/mol. The molecule has 1 aromatic rings. The van der Waals surface area contributed by atoms with Gasteiger partial charge in [0, 0.05) is 6.07 Å². The molecule has 0 aliphatic heterocycles. The highest BCUT2D eigenvalue weighted by atomic mass is 32.2. The number of nitrogens with zero attached hydrogens (tertiary/aromatic N) is 1. The third-order valence-electron chi connectivity index (χ3n) is 1.40. The summed E-state index contributed by atoms with van der Waals surface area (Å²) >= 11 is 1.76. The van der Waals surface area contributed by atoms with E-state index in [9.17, 15) is 0 Å². The van der Waals surface area contributed by atoms with E-state index in [1.807, 2.05) is 13.0 Å². The highest BCUT2D eigenvalue weighted by Crippen LogP contribution is 2.25. The summed E-state index contributed by atoms with van der Waals surface area (Å²) in [6.07, 6.45) is 2.06. The molecule has 1 atom stereocenters. The number of hydrogen-bond donors (Lipinski definition) is 0. The van der Waals surface area contributed by atoms with E-state index < -0.39 is 0 Å². The van der Waals surface area contributed by atoms with Crippen molar-refractivity contribution >= 4 is 11.8 Å². The fraction of sp³-hybridized carbons (Fsp3) is 0.571. The number of hydrogen-bond acceptors (Lipinski definition) is 3. The molecule has 0 N–H and O–H groups in total. The third kappa shape index (κ3) is 1.53. The first-order valence-electron chi connectivity index (χ1n) is 3.20. The van der Waals surface area contributed by atoms with Gasteiger partial charge in [-0.3, -0.25) is 0 Å². The van der Waals surface area contributed by atoms with Gasteiger partial charge in [0.15, 0.2) is 0 Å². The van der Waals surface area contributed by atoms with Gasteiger partial charge >= 0.3 is 0 Å². The van der Waals surface area contributed by atoms with Gasteiger partial charge in [0.2, 0.25) is 0 Å².